The summed E-state index contributed by atoms with van der Waals surface area (Å²) in [6, 6.07) is 0. The van der Waals surface area contributed by atoms with Crippen LogP contribution in [-0.4, -0.2) is 24.2 Å². The normalized spacial score (nSPS) is 12.2. The molecule has 0 bridgehead atoms. The zero-order chi connectivity index (χ0) is 21.3. The van der Waals surface area contributed by atoms with Gasteiger partial charge in [-0.2, -0.15) is 0 Å². The van der Waals surface area contributed by atoms with E-state index in [2.05, 4.69) is 60.8 Å². The summed E-state index contributed by atoms with van der Waals surface area (Å²) in [5.41, 5.74) is 0. The molecule has 0 aliphatic carbocycles. The average molecular weight is 404 g/mol. The van der Waals surface area contributed by atoms with E-state index in [1.54, 1.807) is 0 Å². The Labute approximate surface area is 180 Å². The fourth-order valence-corrected chi connectivity index (χ4v) is 2.99. The van der Waals surface area contributed by atoms with Crippen molar-refractivity contribution in [2.24, 2.45) is 0 Å². The highest BCUT2D eigenvalue weighted by Gasteiger charge is 1.99. The van der Waals surface area contributed by atoms with Gasteiger partial charge >= 0.3 is 0 Å². The molecule has 166 valence electrons. The Morgan fingerprint density at radius 3 is 1.72 bits per heavy atom. The number of aliphatic hydroxyl groups is 1. The van der Waals surface area contributed by atoms with E-state index in [9.17, 15) is 4.79 Å². The van der Waals surface area contributed by atoms with Crippen molar-refractivity contribution in [1.82, 2.24) is 5.32 Å². The van der Waals surface area contributed by atoms with Gasteiger partial charge < -0.3 is 10.4 Å². The molecule has 29 heavy (non-hydrogen) atoms. The van der Waals surface area contributed by atoms with Crippen molar-refractivity contribution in [2.75, 3.05) is 13.2 Å². The smallest absolute Gasteiger partial charge is 0.220 e. The number of carbonyl (C=O) groups is 1. The van der Waals surface area contributed by atoms with Crippen LogP contribution >= 0.6 is 0 Å². The van der Waals surface area contributed by atoms with E-state index >= 15 is 0 Å². The molecule has 0 atom stereocenters. The SMILES string of the molecule is CC/C=C\C/C=C\C/C=C\C/C=C\CCCCCCCCCCC(=O)NCCO. The topological polar surface area (TPSA) is 49.3 Å². The average Bonchev–Trinajstić information content (AvgIpc) is 2.73. The summed E-state index contributed by atoms with van der Waals surface area (Å²) in [4.78, 5) is 11.4. The summed E-state index contributed by atoms with van der Waals surface area (Å²) in [5, 5.41) is 11.3. The van der Waals surface area contributed by atoms with Crippen LogP contribution in [0.5, 0.6) is 0 Å². The molecule has 0 saturated carbocycles. The summed E-state index contributed by atoms with van der Waals surface area (Å²) < 4.78 is 0. The zero-order valence-corrected chi connectivity index (χ0v) is 18.8. The van der Waals surface area contributed by atoms with Crippen LogP contribution in [0, 0.1) is 0 Å². The molecule has 0 spiro atoms. The number of amides is 1. The first-order valence-corrected chi connectivity index (χ1v) is 11.8. The molecule has 3 heteroatoms. The van der Waals surface area contributed by atoms with Crippen LogP contribution in [0.3, 0.4) is 0 Å². The third kappa shape index (κ3) is 24.4. The van der Waals surface area contributed by atoms with Gasteiger partial charge in [0.05, 0.1) is 6.61 Å². The number of hydrogen-bond acceptors (Lipinski definition) is 2. The van der Waals surface area contributed by atoms with E-state index < -0.39 is 0 Å². The van der Waals surface area contributed by atoms with Crippen LogP contribution < -0.4 is 5.32 Å². The molecule has 0 aromatic heterocycles. The highest BCUT2D eigenvalue weighted by atomic mass is 16.3. The predicted molar refractivity (Wildman–Crippen MR) is 127 cm³/mol. The van der Waals surface area contributed by atoms with Crippen LogP contribution in [0.2, 0.25) is 0 Å². The minimum Gasteiger partial charge on any atom is -0.395 e. The summed E-state index contributed by atoms with van der Waals surface area (Å²) in [7, 11) is 0. The molecule has 0 fully saturated rings. The fraction of sp³-hybridized carbons (Fsp3) is 0.654. The minimum atomic E-state index is 0.0218. The van der Waals surface area contributed by atoms with Crippen LogP contribution in [-0.2, 0) is 4.79 Å². The summed E-state index contributed by atoms with van der Waals surface area (Å²) in [5.74, 6) is 0.0647. The lowest BCUT2D eigenvalue weighted by atomic mass is 10.1. The lowest BCUT2D eigenvalue weighted by Gasteiger charge is -2.03. The van der Waals surface area contributed by atoms with E-state index in [1.165, 1.54) is 44.9 Å². The third-order valence-corrected chi connectivity index (χ3v) is 4.68. The predicted octanol–water partition coefficient (Wildman–Crippen LogP) is 6.80. The fourth-order valence-electron chi connectivity index (χ4n) is 2.99. The van der Waals surface area contributed by atoms with Gasteiger partial charge in [-0.25, -0.2) is 0 Å². The Hall–Kier alpha value is -1.61. The molecule has 0 saturated heterocycles. The Balaban J connectivity index is 3.29. The molecule has 0 aromatic rings. The number of aliphatic hydroxyl groups excluding tert-OH is 1. The highest BCUT2D eigenvalue weighted by Crippen LogP contribution is 2.11. The molecule has 0 aromatic carbocycles. The van der Waals surface area contributed by atoms with Gasteiger partial charge in [0.1, 0.15) is 0 Å². The van der Waals surface area contributed by atoms with Crippen molar-refractivity contribution in [3.63, 3.8) is 0 Å². The molecule has 0 rings (SSSR count). The second kappa shape index (κ2) is 24.4. The standard InChI is InChI=1S/C26H45NO2/c1-2-3-4-5-6-7-8-9-10-11-12-13-14-15-16-17-18-19-20-21-22-23-26(29)27-24-25-28/h3-4,6-7,9-10,12-13,28H,2,5,8,11,14-25H2,1H3,(H,27,29)/b4-3-,7-6-,10-9-,13-12-. The molecule has 0 unspecified atom stereocenters. The van der Waals surface area contributed by atoms with Gasteiger partial charge in [-0.3, -0.25) is 4.79 Å². The Morgan fingerprint density at radius 1 is 0.690 bits per heavy atom. The van der Waals surface area contributed by atoms with Gasteiger partial charge in [-0.1, -0.05) is 94.1 Å². The van der Waals surface area contributed by atoms with E-state index in [1.807, 2.05) is 0 Å². The molecule has 2 N–H and O–H groups in total. The maximum atomic E-state index is 11.4. The maximum absolute atomic E-state index is 11.4. The van der Waals surface area contributed by atoms with Gasteiger partial charge in [0.25, 0.3) is 0 Å². The van der Waals surface area contributed by atoms with Gasteiger partial charge in [0, 0.05) is 13.0 Å². The lowest BCUT2D eigenvalue weighted by molar-refractivity contribution is -0.121. The summed E-state index contributed by atoms with van der Waals surface area (Å²) >= 11 is 0. The highest BCUT2D eigenvalue weighted by molar-refractivity contribution is 5.75. The summed E-state index contributed by atoms with van der Waals surface area (Å²) in [6.45, 7) is 2.56. The Kier molecular flexibility index (Phi) is 23.1. The van der Waals surface area contributed by atoms with Crippen LogP contribution in [0.15, 0.2) is 48.6 Å². The molecule has 0 radical (unpaired) electrons. The second-order valence-corrected chi connectivity index (χ2v) is 7.44. The van der Waals surface area contributed by atoms with Gasteiger partial charge in [-0.05, 0) is 44.9 Å². The molecule has 1 amide bonds. The first-order chi connectivity index (χ1) is 14.3. The number of unbranched alkanes of at least 4 members (excludes halogenated alkanes) is 8. The first-order valence-electron chi connectivity index (χ1n) is 11.8. The van der Waals surface area contributed by atoms with Gasteiger partial charge in [-0.15, -0.1) is 0 Å². The number of hydrogen-bond donors (Lipinski definition) is 2. The number of nitrogens with one attached hydrogen (secondary N) is 1. The largest absolute Gasteiger partial charge is 0.395 e. The van der Waals surface area contributed by atoms with Crippen molar-refractivity contribution < 1.29 is 9.90 Å². The van der Waals surface area contributed by atoms with E-state index in [0.29, 0.717) is 13.0 Å². The maximum Gasteiger partial charge on any atom is 0.220 e. The van der Waals surface area contributed by atoms with Crippen LogP contribution in [0.4, 0.5) is 0 Å². The Morgan fingerprint density at radius 2 is 1.17 bits per heavy atom. The van der Waals surface area contributed by atoms with Crippen molar-refractivity contribution in [1.29, 1.82) is 0 Å². The Bertz CT molecular complexity index is 463. The monoisotopic (exact) mass is 403 g/mol. The molecular weight excluding hydrogens is 358 g/mol. The van der Waals surface area contributed by atoms with Gasteiger partial charge in [0.15, 0.2) is 0 Å². The molecule has 0 aliphatic rings. The van der Waals surface area contributed by atoms with E-state index in [0.717, 1.165) is 38.5 Å². The summed E-state index contributed by atoms with van der Waals surface area (Å²) in [6.07, 6.45) is 33.8. The van der Waals surface area contributed by atoms with Crippen molar-refractivity contribution in [3.05, 3.63) is 48.6 Å². The van der Waals surface area contributed by atoms with Crippen molar-refractivity contribution >= 4 is 5.91 Å². The van der Waals surface area contributed by atoms with E-state index in [4.69, 9.17) is 5.11 Å². The minimum absolute atomic E-state index is 0.0218. The number of carbonyl (C=O) groups excluding carboxylic acids is 1. The molecule has 0 aliphatic heterocycles. The van der Waals surface area contributed by atoms with Crippen LogP contribution in [0.1, 0.15) is 96.8 Å². The lowest BCUT2D eigenvalue weighted by Crippen LogP contribution is -2.25. The number of rotatable bonds is 20. The molecule has 0 heterocycles. The third-order valence-electron chi connectivity index (χ3n) is 4.68. The van der Waals surface area contributed by atoms with Crippen molar-refractivity contribution in [2.45, 2.75) is 96.8 Å². The number of allylic oxidation sites excluding steroid dienone is 8. The molecular formula is C26H45NO2. The molecule has 3 nitrogen and oxygen atoms in total. The van der Waals surface area contributed by atoms with Crippen LogP contribution in [0.25, 0.3) is 0 Å². The van der Waals surface area contributed by atoms with Crippen molar-refractivity contribution in [3.8, 4) is 0 Å². The quantitative estimate of drug-likeness (QED) is 0.173. The van der Waals surface area contributed by atoms with Gasteiger partial charge in [0.2, 0.25) is 5.91 Å². The van der Waals surface area contributed by atoms with E-state index in [-0.39, 0.29) is 12.5 Å². The zero-order valence-electron chi connectivity index (χ0n) is 18.8. The first kappa shape index (κ1) is 27.4. The second-order valence-electron chi connectivity index (χ2n) is 7.44.